The van der Waals surface area contributed by atoms with E-state index in [2.05, 4.69) is 22.1 Å². The van der Waals surface area contributed by atoms with Crippen LogP contribution in [-0.4, -0.2) is 40.7 Å². The molecule has 1 saturated heterocycles. The molecule has 1 aromatic heterocycles. The lowest BCUT2D eigenvalue weighted by Crippen LogP contribution is -2.42. The van der Waals surface area contributed by atoms with Crippen LogP contribution in [0, 0.1) is 0 Å². The van der Waals surface area contributed by atoms with Gasteiger partial charge in [-0.2, -0.15) is 0 Å². The van der Waals surface area contributed by atoms with E-state index in [0.29, 0.717) is 6.04 Å². The molecule has 1 aliphatic heterocycles. The van der Waals surface area contributed by atoms with Crippen molar-refractivity contribution in [1.29, 1.82) is 0 Å². The Morgan fingerprint density at radius 2 is 2.16 bits per heavy atom. The van der Waals surface area contributed by atoms with Crippen LogP contribution in [0.4, 0.5) is 0 Å². The molecule has 0 saturated carbocycles. The summed E-state index contributed by atoms with van der Waals surface area (Å²) in [6.07, 6.45) is 6.55. The van der Waals surface area contributed by atoms with Gasteiger partial charge in [-0.15, -0.1) is 0 Å². The van der Waals surface area contributed by atoms with Gasteiger partial charge in [0.1, 0.15) is 5.75 Å². The summed E-state index contributed by atoms with van der Waals surface area (Å²) in [6, 6.07) is 4.17. The summed E-state index contributed by atoms with van der Waals surface area (Å²) in [5.74, 6) is 0.230. The molecule has 4 heteroatoms. The Kier molecular flexibility index (Phi) is 5.61. The van der Waals surface area contributed by atoms with Crippen molar-refractivity contribution in [2.24, 2.45) is 0 Å². The smallest absolute Gasteiger partial charge is 0.133 e. The van der Waals surface area contributed by atoms with E-state index in [4.69, 9.17) is 0 Å². The molecular weight excluding hydrogens is 238 g/mol. The second-order valence-corrected chi connectivity index (χ2v) is 5.36. The van der Waals surface area contributed by atoms with Crippen molar-refractivity contribution in [3.63, 3.8) is 0 Å². The van der Waals surface area contributed by atoms with Crippen molar-refractivity contribution in [2.45, 2.75) is 45.2 Å². The van der Waals surface area contributed by atoms with Crippen LogP contribution in [0.2, 0.25) is 0 Å². The SMILES string of the molecule is CCCCN1CCC(NCc2ccc(O)cn2)CC1. The minimum absolute atomic E-state index is 0.230. The highest BCUT2D eigenvalue weighted by molar-refractivity contribution is 5.17. The summed E-state index contributed by atoms with van der Waals surface area (Å²) >= 11 is 0. The minimum Gasteiger partial charge on any atom is -0.506 e. The highest BCUT2D eigenvalue weighted by Gasteiger charge is 2.18. The maximum absolute atomic E-state index is 9.19. The molecule has 2 heterocycles. The van der Waals surface area contributed by atoms with Gasteiger partial charge in [0.25, 0.3) is 0 Å². The van der Waals surface area contributed by atoms with Gasteiger partial charge in [0, 0.05) is 12.6 Å². The van der Waals surface area contributed by atoms with E-state index in [9.17, 15) is 5.11 Å². The van der Waals surface area contributed by atoms with E-state index in [1.165, 1.54) is 51.5 Å². The number of nitrogens with one attached hydrogen (secondary N) is 1. The Hall–Kier alpha value is -1.13. The van der Waals surface area contributed by atoms with Crippen molar-refractivity contribution in [3.8, 4) is 5.75 Å². The average molecular weight is 263 g/mol. The van der Waals surface area contributed by atoms with Crippen LogP contribution in [0.1, 0.15) is 38.3 Å². The van der Waals surface area contributed by atoms with Crippen molar-refractivity contribution in [1.82, 2.24) is 15.2 Å². The monoisotopic (exact) mass is 263 g/mol. The molecule has 4 nitrogen and oxygen atoms in total. The molecule has 0 spiro atoms. The van der Waals surface area contributed by atoms with E-state index in [1.807, 2.05) is 6.07 Å². The zero-order valence-corrected chi connectivity index (χ0v) is 11.8. The maximum atomic E-state index is 9.19. The molecule has 0 aliphatic carbocycles. The number of hydrogen-bond acceptors (Lipinski definition) is 4. The van der Waals surface area contributed by atoms with Gasteiger partial charge in [-0.25, -0.2) is 0 Å². The molecule has 0 aromatic carbocycles. The zero-order chi connectivity index (χ0) is 13.5. The molecule has 2 rings (SSSR count). The van der Waals surface area contributed by atoms with Gasteiger partial charge in [-0.05, 0) is 51.0 Å². The number of pyridine rings is 1. The van der Waals surface area contributed by atoms with Crippen molar-refractivity contribution in [3.05, 3.63) is 24.0 Å². The lowest BCUT2D eigenvalue weighted by Gasteiger charge is -2.32. The summed E-state index contributed by atoms with van der Waals surface area (Å²) in [7, 11) is 0. The highest BCUT2D eigenvalue weighted by Crippen LogP contribution is 2.12. The Bertz CT molecular complexity index is 358. The summed E-state index contributed by atoms with van der Waals surface area (Å²) < 4.78 is 0. The van der Waals surface area contributed by atoms with Crippen LogP contribution in [0.15, 0.2) is 18.3 Å². The molecule has 2 N–H and O–H groups in total. The quantitative estimate of drug-likeness (QED) is 0.825. The predicted octanol–water partition coefficient (Wildman–Crippen LogP) is 2.14. The van der Waals surface area contributed by atoms with E-state index >= 15 is 0 Å². The average Bonchev–Trinajstić information content (AvgIpc) is 2.46. The molecular formula is C15H25N3O. The number of piperidine rings is 1. The van der Waals surface area contributed by atoms with E-state index < -0.39 is 0 Å². The van der Waals surface area contributed by atoms with Gasteiger partial charge < -0.3 is 15.3 Å². The number of rotatable bonds is 6. The largest absolute Gasteiger partial charge is 0.506 e. The fraction of sp³-hybridized carbons (Fsp3) is 0.667. The molecule has 0 radical (unpaired) electrons. The first-order chi connectivity index (χ1) is 9.28. The fourth-order valence-corrected chi connectivity index (χ4v) is 2.51. The van der Waals surface area contributed by atoms with E-state index in [1.54, 1.807) is 6.07 Å². The van der Waals surface area contributed by atoms with Crippen LogP contribution < -0.4 is 5.32 Å². The molecule has 1 aliphatic rings. The fourth-order valence-electron chi connectivity index (χ4n) is 2.51. The molecule has 0 amide bonds. The van der Waals surface area contributed by atoms with Crippen LogP contribution >= 0.6 is 0 Å². The number of hydrogen-bond donors (Lipinski definition) is 2. The topological polar surface area (TPSA) is 48.4 Å². The number of likely N-dealkylation sites (tertiary alicyclic amines) is 1. The zero-order valence-electron chi connectivity index (χ0n) is 11.8. The Balaban J connectivity index is 1.67. The summed E-state index contributed by atoms with van der Waals surface area (Å²) in [6.45, 7) is 6.71. The molecule has 0 atom stereocenters. The second-order valence-electron chi connectivity index (χ2n) is 5.36. The second kappa shape index (κ2) is 7.46. The minimum atomic E-state index is 0.230. The first-order valence-corrected chi connectivity index (χ1v) is 7.37. The molecule has 1 aromatic rings. The third-order valence-corrected chi connectivity index (χ3v) is 3.80. The van der Waals surface area contributed by atoms with Gasteiger partial charge in [0.2, 0.25) is 0 Å². The third-order valence-electron chi connectivity index (χ3n) is 3.80. The lowest BCUT2D eigenvalue weighted by atomic mass is 10.0. The van der Waals surface area contributed by atoms with Gasteiger partial charge in [0.15, 0.2) is 0 Å². The van der Waals surface area contributed by atoms with Crippen LogP contribution in [-0.2, 0) is 6.54 Å². The lowest BCUT2D eigenvalue weighted by molar-refractivity contribution is 0.194. The van der Waals surface area contributed by atoms with Crippen LogP contribution in [0.25, 0.3) is 0 Å². The van der Waals surface area contributed by atoms with Gasteiger partial charge >= 0.3 is 0 Å². The Labute approximate surface area is 115 Å². The van der Waals surface area contributed by atoms with Gasteiger partial charge in [-0.3, -0.25) is 4.98 Å². The third kappa shape index (κ3) is 4.80. The van der Waals surface area contributed by atoms with Crippen LogP contribution in [0.5, 0.6) is 5.75 Å². The molecule has 19 heavy (non-hydrogen) atoms. The summed E-state index contributed by atoms with van der Waals surface area (Å²) in [5, 5.41) is 12.7. The number of aromatic hydroxyl groups is 1. The van der Waals surface area contributed by atoms with Crippen molar-refractivity contribution < 1.29 is 5.11 Å². The Morgan fingerprint density at radius 1 is 1.37 bits per heavy atom. The van der Waals surface area contributed by atoms with Crippen molar-refractivity contribution >= 4 is 0 Å². The maximum Gasteiger partial charge on any atom is 0.133 e. The summed E-state index contributed by atoms with van der Waals surface area (Å²) in [4.78, 5) is 6.77. The van der Waals surface area contributed by atoms with Gasteiger partial charge in [-0.1, -0.05) is 13.3 Å². The molecule has 0 bridgehead atoms. The van der Waals surface area contributed by atoms with Crippen LogP contribution in [0.3, 0.4) is 0 Å². The first kappa shape index (κ1) is 14.3. The Morgan fingerprint density at radius 3 is 2.79 bits per heavy atom. The first-order valence-electron chi connectivity index (χ1n) is 7.37. The normalized spacial score (nSPS) is 17.7. The number of nitrogens with zero attached hydrogens (tertiary/aromatic N) is 2. The molecule has 0 unspecified atom stereocenters. The van der Waals surface area contributed by atoms with Gasteiger partial charge in [0.05, 0.1) is 11.9 Å². The molecule has 106 valence electrons. The number of aromatic nitrogens is 1. The van der Waals surface area contributed by atoms with Crippen molar-refractivity contribution in [2.75, 3.05) is 19.6 Å². The van der Waals surface area contributed by atoms with E-state index in [-0.39, 0.29) is 5.75 Å². The predicted molar refractivity (Wildman–Crippen MR) is 77.1 cm³/mol. The number of unbranched alkanes of at least 4 members (excludes halogenated alkanes) is 1. The van der Waals surface area contributed by atoms with E-state index in [0.717, 1.165) is 12.2 Å². The standard InChI is InChI=1S/C15H25N3O/c1-2-3-8-18-9-6-13(7-10-18)16-11-14-4-5-15(19)12-17-14/h4-5,12-13,16,19H,2-3,6-11H2,1H3. The highest BCUT2D eigenvalue weighted by atomic mass is 16.3. The summed E-state index contributed by atoms with van der Waals surface area (Å²) in [5.41, 5.74) is 0.992. The molecule has 1 fully saturated rings.